The summed E-state index contributed by atoms with van der Waals surface area (Å²) in [6.45, 7) is 10.8. The molecule has 2 rings (SSSR count). The molecule has 1 aromatic carbocycles. The van der Waals surface area contributed by atoms with Gasteiger partial charge in [-0.2, -0.15) is 0 Å². The minimum absolute atomic E-state index is 0.0298. The van der Waals surface area contributed by atoms with Gasteiger partial charge >= 0.3 is 0 Å². The van der Waals surface area contributed by atoms with E-state index in [4.69, 9.17) is 23.2 Å². The van der Waals surface area contributed by atoms with Gasteiger partial charge in [0.15, 0.2) is 5.54 Å². The fourth-order valence-corrected chi connectivity index (χ4v) is 3.06. The zero-order chi connectivity index (χ0) is 19.7. The summed E-state index contributed by atoms with van der Waals surface area (Å²) in [5, 5.41) is 13.9. The number of aromatic nitrogens is 4. The number of hydrogen-bond donors (Lipinski definition) is 1. The number of allylic oxidation sites excluding steroid dienone is 1. The van der Waals surface area contributed by atoms with E-state index in [0.717, 1.165) is 11.4 Å². The second kappa shape index (κ2) is 7.67. The summed E-state index contributed by atoms with van der Waals surface area (Å²) in [5.74, 6) is 0.851. The lowest BCUT2D eigenvalue weighted by atomic mass is 9.85. The third-order valence-corrected chi connectivity index (χ3v) is 5.44. The summed E-state index contributed by atoms with van der Waals surface area (Å²) in [5.41, 5.74) is 0.605. The number of hydrogen-bond acceptors (Lipinski definition) is 3. The van der Waals surface area contributed by atoms with Crippen LogP contribution in [0.2, 0.25) is 10.0 Å². The first kappa shape index (κ1) is 20.9. The number of halogens is 2. The van der Waals surface area contributed by atoms with Gasteiger partial charge in [0, 0.05) is 10.0 Å². The van der Waals surface area contributed by atoms with Crippen molar-refractivity contribution in [2.45, 2.75) is 46.2 Å². The van der Waals surface area contributed by atoms with Gasteiger partial charge in [-0.25, -0.2) is 4.68 Å². The maximum atomic E-state index is 6.31. The average Bonchev–Trinajstić information content (AvgIpc) is 2.97. The highest BCUT2D eigenvalue weighted by molar-refractivity contribution is 6.35. The van der Waals surface area contributed by atoms with Crippen molar-refractivity contribution in [3.63, 3.8) is 0 Å². The number of nitrogens with zero attached hydrogens (tertiary/aromatic N) is 4. The van der Waals surface area contributed by atoms with E-state index in [9.17, 15) is 0 Å². The van der Waals surface area contributed by atoms with Gasteiger partial charge in [-0.15, -0.1) is 5.10 Å². The van der Waals surface area contributed by atoms with Crippen molar-refractivity contribution < 1.29 is 4.90 Å². The molecule has 0 aliphatic heterocycles. The molecule has 0 radical (unpaired) electrons. The molecule has 26 heavy (non-hydrogen) atoms. The molecular formula is C19H28Cl2N5+. The topological polar surface area (TPSA) is 48.0 Å². The van der Waals surface area contributed by atoms with Gasteiger partial charge in [0.2, 0.25) is 5.82 Å². The van der Waals surface area contributed by atoms with Crippen LogP contribution in [0.5, 0.6) is 0 Å². The van der Waals surface area contributed by atoms with Crippen LogP contribution in [0.1, 0.15) is 52.0 Å². The first-order valence-corrected chi connectivity index (χ1v) is 9.42. The molecule has 5 nitrogen and oxygen atoms in total. The number of benzene rings is 1. The molecule has 7 heteroatoms. The molecule has 0 unspecified atom stereocenters. The third-order valence-electron chi connectivity index (χ3n) is 4.87. The van der Waals surface area contributed by atoms with Crippen LogP contribution in [0.15, 0.2) is 24.3 Å². The lowest BCUT2D eigenvalue weighted by Gasteiger charge is -2.33. The van der Waals surface area contributed by atoms with Crippen LogP contribution < -0.4 is 4.90 Å². The largest absolute Gasteiger partial charge is 0.329 e. The average molecular weight is 397 g/mol. The van der Waals surface area contributed by atoms with Crippen LogP contribution in [-0.4, -0.2) is 34.3 Å². The number of quaternary nitrogens is 1. The third kappa shape index (κ3) is 4.45. The van der Waals surface area contributed by atoms with Crippen molar-refractivity contribution >= 4 is 29.3 Å². The predicted octanol–water partition coefficient (Wildman–Crippen LogP) is 3.66. The molecule has 1 heterocycles. The molecule has 142 valence electrons. The van der Waals surface area contributed by atoms with Gasteiger partial charge in [-0.1, -0.05) is 62.2 Å². The second-order valence-corrected chi connectivity index (χ2v) is 9.25. The van der Waals surface area contributed by atoms with Crippen molar-refractivity contribution in [3.05, 3.63) is 45.7 Å². The summed E-state index contributed by atoms with van der Waals surface area (Å²) in [6, 6.07) is 5.46. The normalized spacial score (nSPS) is 14.4. The molecule has 0 aliphatic rings. The Morgan fingerprint density at radius 1 is 1.12 bits per heavy atom. The Labute approximate surface area is 166 Å². The van der Waals surface area contributed by atoms with Gasteiger partial charge < -0.3 is 4.90 Å². The summed E-state index contributed by atoms with van der Waals surface area (Å²) in [4.78, 5) is 1.26. The lowest BCUT2D eigenvalue weighted by molar-refractivity contribution is -0.920. The van der Waals surface area contributed by atoms with E-state index < -0.39 is 0 Å². The summed E-state index contributed by atoms with van der Waals surface area (Å²) < 4.78 is 1.92. The van der Waals surface area contributed by atoms with Crippen molar-refractivity contribution in [1.29, 1.82) is 0 Å². The Bertz CT molecular complexity index is 787. The highest BCUT2D eigenvalue weighted by Crippen LogP contribution is 2.34. The molecule has 0 spiro atoms. The van der Waals surface area contributed by atoms with Crippen molar-refractivity contribution in [3.8, 4) is 0 Å². The van der Waals surface area contributed by atoms with Crippen LogP contribution >= 0.6 is 23.2 Å². The van der Waals surface area contributed by atoms with Gasteiger partial charge in [0.1, 0.15) is 0 Å². The molecule has 0 aliphatic carbocycles. The molecule has 0 amide bonds. The van der Waals surface area contributed by atoms with Crippen LogP contribution in [0.25, 0.3) is 6.08 Å². The Morgan fingerprint density at radius 3 is 2.31 bits per heavy atom. The monoisotopic (exact) mass is 396 g/mol. The lowest BCUT2D eigenvalue weighted by Crippen LogP contribution is -3.12. The number of nitrogens with one attached hydrogen (secondary N) is 1. The van der Waals surface area contributed by atoms with E-state index >= 15 is 0 Å². The quantitative estimate of drug-likeness (QED) is 0.838. The van der Waals surface area contributed by atoms with Gasteiger partial charge in [-0.05, 0) is 47.4 Å². The molecular weight excluding hydrogens is 369 g/mol. The van der Waals surface area contributed by atoms with E-state index in [0.29, 0.717) is 10.0 Å². The van der Waals surface area contributed by atoms with Crippen LogP contribution in [-0.2, 0) is 5.54 Å². The van der Waals surface area contributed by atoms with Crippen molar-refractivity contribution in [1.82, 2.24) is 20.2 Å². The van der Waals surface area contributed by atoms with E-state index in [1.807, 2.05) is 22.9 Å². The first-order chi connectivity index (χ1) is 11.9. The predicted molar refractivity (Wildman–Crippen MR) is 108 cm³/mol. The SMILES string of the molecule is C[NH+](C)C(C)(C)c1nnnn1[C@@H](/C=C/c1ccc(Cl)cc1Cl)C(C)(C)C. The maximum Gasteiger partial charge on any atom is 0.212 e. The van der Waals surface area contributed by atoms with Crippen LogP contribution in [0.3, 0.4) is 0 Å². The highest BCUT2D eigenvalue weighted by atomic mass is 35.5. The standard InChI is InChI=1S/C19H27Cl2N5/c1-18(2,3)16(11-9-13-8-10-14(20)12-15(13)21)26-17(22-23-24-26)19(4,5)25(6)7/h8-12,16H,1-7H3/p+1/b11-9+/t16-/m0/s1. The first-order valence-electron chi connectivity index (χ1n) is 8.67. The molecule has 0 saturated carbocycles. The number of rotatable bonds is 5. The van der Waals surface area contributed by atoms with Gasteiger partial charge in [0.05, 0.1) is 20.1 Å². The van der Waals surface area contributed by atoms with Crippen molar-refractivity contribution in [2.24, 2.45) is 5.41 Å². The molecule has 1 atom stereocenters. The smallest absolute Gasteiger partial charge is 0.212 e. The Balaban J connectivity index is 2.48. The Morgan fingerprint density at radius 2 is 1.77 bits per heavy atom. The zero-order valence-corrected chi connectivity index (χ0v) is 18.0. The fraction of sp³-hybridized carbons (Fsp3) is 0.526. The van der Waals surface area contributed by atoms with Crippen molar-refractivity contribution in [2.75, 3.05) is 14.1 Å². The van der Waals surface area contributed by atoms with E-state index in [2.05, 4.69) is 70.3 Å². The number of tetrazole rings is 1. The molecule has 2 aromatic rings. The second-order valence-electron chi connectivity index (χ2n) is 8.41. The molecule has 1 aromatic heterocycles. The van der Waals surface area contributed by atoms with Crippen LogP contribution in [0.4, 0.5) is 0 Å². The molecule has 0 fully saturated rings. The van der Waals surface area contributed by atoms with E-state index in [-0.39, 0.29) is 17.0 Å². The van der Waals surface area contributed by atoms with E-state index in [1.54, 1.807) is 6.07 Å². The van der Waals surface area contributed by atoms with E-state index in [1.165, 1.54) is 4.90 Å². The zero-order valence-electron chi connectivity index (χ0n) is 16.5. The Kier molecular flexibility index (Phi) is 6.16. The minimum atomic E-state index is -0.223. The fourth-order valence-electron chi connectivity index (χ4n) is 2.58. The Hall–Kier alpha value is -1.43. The highest BCUT2D eigenvalue weighted by Gasteiger charge is 2.37. The van der Waals surface area contributed by atoms with Crippen LogP contribution in [0, 0.1) is 5.41 Å². The van der Waals surface area contributed by atoms with Gasteiger partial charge in [0.25, 0.3) is 0 Å². The summed E-state index contributed by atoms with van der Waals surface area (Å²) >= 11 is 12.3. The molecule has 0 bridgehead atoms. The van der Waals surface area contributed by atoms with Gasteiger partial charge in [-0.3, -0.25) is 0 Å². The molecule has 0 saturated heterocycles. The molecule has 1 N–H and O–H groups in total. The maximum absolute atomic E-state index is 6.31. The summed E-state index contributed by atoms with van der Waals surface area (Å²) in [6.07, 6.45) is 4.12. The minimum Gasteiger partial charge on any atom is -0.329 e. The summed E-state index contributed by atoms with van der Waals surface area (Å²) in [7, 11) is 4.21.